The molecule has 2 aromatic carbocycles. The Kier molecular flexibility index (Phi) is 3.34. The maximum absolute atomic E-state index is 6.20. The van der Waals surface area contributed by atoms with E-state index in [1.807, 2.05) is 54.6 Å². The van der Waals surface area contributed by atoms with Crippen molar-refractivity contribution in [1.29, 1.82) is 0 Å². The third kappa shape index (κ3) is 2.54. The summed E-state index contributed by atoms with van der Waals surface area (Å²) in [4.78, 5) is 4.34. The largest absolute Gasteiger partial charge is 0.485 e. The van der Waals surface area contributed by atoms with E-state index < -0.39 is 0 Å². The Morgan fingerprint density at radius 1 is 0.947 bits per heavy atom. The summed E-state index contributed by atoms with van der Waals surface area (Å²) >= 11 is 6.20. The maximum atomic E-state index is 6.20. The van der Waals surface area contributed by atoms with Gasteiger partial charge in [-0.25, -0.2) is 0 Å². The van der Waals surface area contributed by atoms with Gasteiger partial charge in [-0.3, -0.25) is 4.98 Å². The highest BCUT2D eigenvalue weighted by Crippen LogP contribution is 2.32. The predicted molar refractivity (Wildman–Crippen MR) is 77.5 cm³/mol. The molecule has 0 amide bonds. The zero-order valence-electron chi connectivity index (χ0n) is 10.2. The second kappa shape index (κ2) is 5.29. The van der Waals surface area contributed by atoms with Crippen LogP contribution in [-0.2, 0) is 6.61 Å². The predicted octanol–water partition coefficient (Wildman–Crippen LogP) is 4.47. The molecule has 0 unspecified atom stereocenters. The van der Waals surface area contributed by atoms with Gasteiger partial charge in [0.25, 0.3) is 0 Å². The van der Waals surface area contributed by atoms with Crippen LogP contribution >= 0.6 is 11.6 Å². The number of nitrogens with zero attached hydrogens (tertiary/aromatic N) is 1. The molecule has 19 heavy (non-hydrogen) atoms. The van der Waals surface area contributed by atoms with Crippen molar-refractivity contribution in [3.8, 4) is 5.75 Å². The Bertz CT molecular complexity index is 697. The molecule has 0 atom stereocenters. The van der Waals surface area contributed by atoms with Crippen LogP contribution in [-0.4, -0.2) is 4.98 Å². The van der Waals surface area contributed by atoms with Crippen molar-refractivity contribution in [2.75, 3.05) is 0 Å². The second-order valence-corrected chi connectivity index (χ2v) is 4.63. The molecule has 0 spiro atoms. The highest BCUT2D eigenvalue weighted by atomic mass is 35.5. The summed E-state index contributed by atoms with van der Waals surface area (Å²) in [5.41, 5.74) is 1.90. The maximum Gasteiger partial charge on any atom is 0.164 e. The van der Waals surface area contributed by atoms with Crippen molar-refractivity contribution in [2.24, 2.45) is 0 Å². The van der Waals surface area contributed by atoms with Crippen LogP contribution in [0.15, 0.2) is 60.8 Å². The molecule has 3 aromatic rings. The quantitative estimate of drug-likeness (QED) is 0.700. The van der Waals surface area contributed by atoms with Crippen molar-refractivity contribution in [1.82, 2.24) is 4.98 Å². The summed E-state index contributed by atoms with van der Waals surface area (Å²) in [5.74, 6) is 0.642. The Balaban J connectivity index is 1.94. The second-order valence-electron chi connectivity index (χ2n) is 4.23. The first-order chi connectivity index (χ1) is 9.34. The van der Waals surface area contributed by atoms with Crippen molar-refractivity contribution in [3.63, 3.8) is 0 Å². The molecule has 3 rings (SSSR count). The highest BCUT2D eigenvalue weighted by Gasteiger charge is 2.08. The van der Waals surface area contributed by atoms with E-state index in [-0.39, 0.29) is 0 Å². The normalized spacial score (nSPS) is 10.6. The summed E-state index contributed by atoms with van der Waals surface area (Å²) in [6.07, 6.45) is 1.74. The third-order valence-corrected chi connectivity index (χ3v) is 3.20. The molecule has 0 aliphatic heterocycles. The standard InChI is InChI=1S/C16H12ClNO/c17-14-9-8-13-7-4-10-18-15(13)16(14)19-11-12-5-2-1-3-6-12/h1-10H,11H2. The van der Waals surface area contributed by atoms with E-state index in [1.54, 1.807) is 6.20 Å². The molecule has 1 heterocycles. The molecular formula is C16H12ClNO. The van der Waals surface area contributed by atoms with E-state index in [2.05, 4.69) is 4.98 Å². The molecule has 0 saturated heterocycles. The summed E-state index contributed by atoms with van der Waals surface area (Å²) in [5, 5.41) is 1.61. The number of pyridine rings is 1. The molecule has 0 bridgehead atoms. The minimum Gasteiger partial charge on any atom is -0.485 e. The van der Waals surface area contributed by atoms with Crippen LogP contribution in [0.4, 0.5) is 0 Å². The van der Waals surface area contributed by atoms with Crippen molar-refractivity contribution in [2.45, 2.75) is 6.61 Å². The lowest BCUT2D eigenvalue weighted by molar-refractivity contribution is 0.309. The van der Waals surface area contributed by atoms with E-state index in [9.17, 15) is 0 Å². The summed E-state index contributed by atoms with van der Waals surface area (Å²) in [7, 11) is 0. The van der Waals surface area contributed by atoms with Crippen LogP contribution < -0.4 is 4.74 Å². The van der Waals surface area contributed by atoms with Gasteiger partial charge in [0.05, 0.1) is 5.02 Å². The molecule has 94 valence electrons. The number of aromatic nitrogens is 1. The number of benzene rings is 2. The zero-order valence-corrected chi connectivity index (χ0v) is 11.0. The van der Waals surface area contributed by atoms with Gasteiger partial charge in [-0.1, -0.05) is 54.1 Å². The molecule has 0 fully saturated rings. The van der Waals surface area contributed by atoms with Crippen LogP contribution in [0.25, 0.3) is 10.9 Å². The molecule has 1 aromatic heterocycles. The Morgan fingerprint density at radius 2 is 1.79 bits per heavy atom. The summed E-state index contributed by atoms with van der Waals surface area (Å²) in [6.45, 7) is 0.482. The fraction of sp³-hybridized carbons (Fsp3) is 0.0625. The van der Waals surface area contributed by atoms with Crippen molar-refractivity contribution >= 4 is 22.5 Å². The molecular weight excluding hydrogens is 258 g/mol. The molecule has 0 radical (unpaired) electrons. The van der Waals surface area contributed by atoms with E-state index in [4.69, 9.17) is 16.3 Å². The van der Waals surface area contributed by atoms with E-state index in [0.29, 0.717) is 17.4 Å². The van der Waals surface area contributed by atoms with E-state index >= 15 is 0 Å². The van der Waals surface area contributed by atoms with Crippen LogP contribution in [0.5, 0.6) is 5.75 Å². The Labute approximate surface area is 116 Å². The van der Waals surface area contributed by atoms with Crippen LogP contribution in [0.1, 0.15) is 5.56 Å². The van der Waals surface area contributed by atoms with Gasteiger partial charge in [0, 0.05) is 11.6 Å². The fourth-order valence-electron chi connectivity index (χ4n) is 1.96. The number of fused-ring (bicyclic) bond motifs is 1. The number of halogens is 1. The molecule has 0 aliphatic rings. The average molecular weight is 270 g/mol. The first kappa shape index (κ1) is 12.0. The van der Waals surface area contributed by atoms with Gasteiger partial charge in [0.15, 0.2) is 5.75 Å². The lowest BCUT2D eigenvalue weighted by atomic mass is 10.2. The highest BCUT2D eigenvalue weighted by molar-refractivity contribution is 6.33. The lowest BCUT2D eigenvalue weighted by Crippen LogP contribution is -1.97. The topological polar surface area (TPSA) is 22.1 Å². The van der Waals surface area contributed by atoms with Crippen molar-refractivity contribution < 1.29 is 4.74 Å². The minimum atomic E-state index is 0.482. The molecule has 2 nitrogen and oxygen atoms in total. The number of hydrogen-bond acceptors (Lipinski definition) is 2. The molecule has 0 aliphatic carbocycles. The van der Waals surface area contributed by atoms with Crippen LogP contribution in [0.3, 0.4) is 0 Å². The van der Waals surface area contributed by atoms with Crippen molar-refractivity contribution in [3.05, 3.63) is 71.4 Å². The number of hydrogen-bond donors (Lipinski definition) is 0. The zero-order chi connectivity index (χ0) is 13.1. The van der Waals surface area contributed by atoms with Gasteiger partial charge in [-0.05, 0) is 17.7 Å². The Morgan fingerprint density at radius 3 is 2.63 bits per heavy atom. The SMILES string of the molecule is Clc1ccc2cccnc2c1OCc1ccccc1. The molecule has 0 saturated carbocycles. The summed E-state index contributed by atoms with van der Waals surface area (Å²) in [6, 6.07) is 17.7. The summed E-state index contributed by atoms with van der Waals surface area (Å²) < 4.78 is 5.84. The fourth-order valence-corrected chi connectivity index (χ4v) is 2.17. The van der Waals surface area contributed by atoms with Gasteiger partial charge in [0.2, 0.25) is 0 Å². The average Bonchev–Trinajstić information content (AvgIpc) is 2.47. The Hall–Kier alpha value is -2.06. The number of ether oxygens (including phenoxy) is 1. The van der Waals surface area contributed by atoms with E-state index in [1.165, 1.54) is 0 Å². The van der Waals surface area contributed by atoms with Gasteiger partial charge >= 0.3 is 0 Å². The van der Waals surface area contributed by atoms with Gasteiger partial charge < -0.3 is 4.74 Å². The molecule has 3 heteroatoms. The lowest BCUT2D eigenvalue weighted by Gasteiger charge is -2.10. The minimum absolute atomic E-state index is 0.482. The van der Waals surface area contributed by atoms with E-state index in [0.717, 1.165) is 16.5 Å². The third-order valence-electron chi connectivity index (χ3n) is 2.91. The first-order valence-corrected chi connectivity index (χ1v) is 6.42. The monoisotopic (exact) mass is 269 g/mol. The van der Waals surface area contributed by atoms with Crippen LogP contribution in [0.2, 0.25) is 5.02 Å². The molecule has 0 N–H and O–H groups in total. The smallest absolute Gasteiger partial charge is 0.164 e. The van der Waals surface area contributed by atoms with Gasteiger partial charge in [0.1, 0.15) is 12.1 Å². The van der Waals surface area contributed by atoms with Gasteiger partial charge in [-0.2, -0.15) is 0 Å². The first-order valence-electron chi connectivity index (χ1n) is 6.04. The van der Waals surface area contributed by atoms with Gasteiger partial charge in [-0.15, -0.1) is 0 Å². The number of rotatable bonds is 3. The van der Waals surface area contributed by atoms with Crippen LogP contribution in [0, 0.1) is 0 Å².